The lowest BCUT2D eigenvalue weighted by Crippen LogP contribution is -2.46. The first-order valence-electron chi connectivity index (χ1n) is 10.4. The number of hydrogen-bond donors (Lipinski definition) is 1. The van der Waals surface area contributed by atoms with Gasteiger partial charge in [-0.3, -0.25) is 14.4 Å². The first kappa shape index (κ1) is 22.9. The molecular weight excluding hydrogens is 450 g/mol. The van der Waals surface area contributed by atoms with E-state index in [1.165, 1.54) is 17.4 Å². The van der Waals surface area contributed by atoms with Crippen LogP contribution in [0.2, 0.25) is 0 Å². The highest BCUT2D eigenvalue weighted by molar-refractivity contribution is 7.17. The number of fused-ring (bicyclic) bond motifs is 2. The maximum atomic E-state index is 14.2. The van der Waals surface area contributed by atoms with Crippen molar-refractivity contribution >= 4 is 33.6 Å². The van der Waals surface area contributed by atoms with Gasteiger partial charge in [0, 0.05) is 16.3 Å². The number of carbonyl (C=O) groups is 1. The fourth-order valence-electron chi connectivity index (χ4n) is 3.75. The SMILES string of the molecule is CC1Cn2nc(-c3[nH]c(=O)c4ccsc4c3C=C(F)/C=C/F)cc2CN1C(=O)OC(C)(C)C. The first-order chi connectivity index (χ1) is 15.6. The second-order valence-electron chi connectivity index (χ2n) is 8.89. The summed E-state index contributed by atoms with van der Waals surface area (Å²) in [6.07, 6.45) is 1.58. The number of rotatable bonds is 3. The van der Waals surface area contributed by atoms with Gasteiger partial charge in [-0.05, 0) is 51.3 Å². The van der Waals surface area contributed by atoms with E-state index < -0.39 is 17.5 Å². The number of ether oxygens (including phenoxy) is 1. The van der Waals surface area contributed by atoms with Crippen LogP contribution >= 0.6 is 11.3 Å². The molecule has 10 heteroatoms. The van der Waals surface area contributed by atoms with Crippen LogP contribution in [0.5, 0.6) is 0 Å². The summed E-state index contributed by atoms with van der Waals surface area (Å²) in [4.78, 5) is 29.7. The molecule has 0 aromatic carbocycles. The molecule has 1 N–H and O–H groups in total. The van der Waals surface area contributed by atoms with E-state index in [0.717, 1.165) is 5.69 Å². The van der Waals surface area contributed by atoms with Crippen molar-refractivity contribution in [2.45, 2.75) is 52.4 Å². The molecule has 1 atom stereocenters. The Balaban J connectivity index is 1.78. The summed E-state index contributed by atoms with van der Waals surface area (Å²) in [5.74, 6) is -0.797. The molecule has 0 aliphatic carbocycles. The lowest BCUT2D eigenvalue weighted by Gasteiger charge is -2.35. The topological polar surface area (TPSA) is 80.2 Å². The Labute approximate surface area is 193 Å². The molecule has 0 fully saturated rings. The van der Waals surface area contributed by atoms with Crippen molar-refractivity contribution < 1.29 is 18.3 Å². The van der Waals surface area contributed by atoms with Crippen LogP contribution in [0.15, 0.2) is 40.5 Å². The molecule has 7 nitrogen and oxygen atoms in total. The monoisotopic (exact) mass is 474 g/mol. The second-order valence-corrected chi connectivity index (χ2v) is 9.80. The number of allylic oxidation sites excluding steroid dienone is 2. The van der Waals surface area contributed by atoms with Gasteiger partial charge in [0.25, 0.3) is 5.56 Å². The molecule has 1 amide bonds. The minimum atomic E-state index is -0.797. The lowest BCUT2D eigenvalue weighted by atomic mass is 10.1. The number of hydrogen-bond acceptors (Lipinski definition) is 5. The van der Waals surface area contributed by atoms with Crippen LogP contribution in [0.4, 0.5) is 13.6 Å². The van der Waals surface area contributed by atoms with Crippen LogP contribution in [0.1, 0.15) is 39.0 Å². The zero-order valence-corrected chi connectivity index (χ0v) is 19.5. The number of carbonyl (C=O) groups excluding carboxylic acids is 1. The van der Waals surface area contributed by atoms with Crippen LogP contribution in [0, 0.1) is 0 Å². The standard InChI is InChI=1S/C23H24F2N4O3S/c1-13-11-29-15(12-28(13)22(31)32-23(2,3)4)10-18(27-29)19-17(9-14(25)5-7-24)20-16(6-8-33-20)21(30)26-19/h5-10,13H,11-12H2,1-4H3,(H,26,30)/b7-5+,14-9?. The van der Waals surface area contributed by atoms with Gasteiger partial charge in [0.2, 0.25) is 0 Å². The van der Waals surface area contributed by atoms with Crippen LogP contribution in [0.3, 0.4) is 0 Å². The smallest absolute Gasteiger partial charge is 0.410 e. The summed E-state index contributed by atoms with van der Waals surface area (Å²) in [7, 11) is 0. The molecule has 4 heterocycles. The van der Waals surface area contributed by atoms with E-state index in [1.807, 2.05) is 27.7 Å². The molecule has 1 aliphatic heterocycles. The molecule has 0 saturated heterocycles. The summed E-state index contributed by atoms with van der Waals surface area (Å²) >= 11 is 1.29. The predicted octanol–water partition coefficient (Wildman–Crippen LogP) is 5.39. The predicted molar refractivity (Wildman–Crippen MR) is 124 cm³/mol. The van der Waals surface area contributed by atoms with E-state index in [0.29, 0.717) is 39.7 Å². The van der Waals surface area contributed by atoms with Gasteiger partial charge in [-0.15, -0.1) is 11.3 Å². The van der Waals surface area contributed by atoms with Gasteiger partial charge >= 0.3 is 6.09 Å². The number of thiophene rings is 1. The summed E-state index contributed by atoms with van der Waals surface area (Å²) in [5.41, 5.74) is 0.973. The third-order valence-electron chi connectivity index (χ3n) is 5.22. The van der Waals surface area contributed by atoms with Gasteiger partial charge in [-0.2, -0.15) is 5.10 Å². The van der Waals surface area contributed by atoms with E-state index in [1.54, 1.807) is 27.1 Å². The van der Waals surface area contributed by atoms with Gasteiger partial charge in [0.05, 0.1) is 42.2 Å². The average molecular weight is 475 g/mol. The van der Waals surface area contributed by atoms with Gasteiger partial charge in [-0.25, -0.2) is 13.6 Å². The molecule has 3 aromatic rings. The second kappa shape index (κ2) is 8.58. The van der Waals surface area contributed by atoms with Crippen molar-refractivity contribution in [2.24, 2.45) is 0 Å². The molecule has 1 aliphatic rings. The molecule has 0 saturated carbocycles. The molecule has 174 valence electrons. The van der Waals surface area contributed by atoms with Crippen molar-refractivity contribution in [3.8, 4) is 11.4 Å². The van der Waals surface area contributed by atoms with Crippen molar-refractivity contribution in [2.75, 3.05) is 0 Å². The maximum Gasteiger partial charge on any atom is 0.410 e. The minimum Gasteiger partial charge on any atom is -0.444 e. The van der Waals surface area contributed by atoms with Gasteiger partial charge in [0.1, 0.15) is 17.1 Å². The van der Waals surface area contributed by atoms with E-state index in [-0.39, 0.29) is 24.5 Å². The number of pyridine rings is 1. The number of nitrogens with one attached hydrogen (secondary N) is 1. The molecule has 0 radical (unpaired) electrons. The Kier molecular flexibility index (Phi) is 5.96. The van der Waals surface area contributed by atoms with Crippen LogP contribution in [-0.2, 0) is 17.8 Å². The minimum absolute atomic E-state index is 0.116. The van der Waals surface area contributed by atoms with Crippen molar-refractivity contribution in [1.82, 2.24) is 19.7 Å². The summed E-state index contributed by atoms with van der Waals surface area (Å²) in [6.45, 7) is 8.05. The van der Waals surface area contributed by atoms with E-state index in [2.05, 4.69) is 10.1 Å². The highest BCUT2D eigenvalue weighted by atomic mass is 32.1. The Morgan fingerprint density at radius 3 is 2.85 bits per heavy atom. The summed E-state index contributed by atoms with van der Waals surface area (Å²) in [5, 5.41) is 6.77. The Hall–Kier alpha value is -3.27. The molecule has 1 unspecified atom stereocenters. The summed E-state index contributed by atoms with van der Waals surface area (Å²) < 4.78 is 34.6. The highest BCUT2D eigenvalue weighted by Gasteiger charge is 2.32. The van der Waals surface area contributed by atoms with E-state index in [4.69, 9.17) is 4.74 Å². The van der Waals surface area contributed by atoms with Gasteiger partial charge in [-0.1, -0.05) is 0 Å². The average Bonchev–Trinajstić information content (AvgIpc) is 3.35. The van der Waals surface area contributed by atoms with Crippen LogP contribution in [0.25, 0.3) is 27.6 Å². The maximum absolute atomic E-state index is 14.2. The van der Waals surface area contributed by atoms with Gasteiger partial charge in [0.15, 0.2) is 0 Å². The van der Waals surface area contributed by atoms with Crippen molar-refractivity contribution in [1.29, 1.82) is 0 Å². The number of amides is 1. The number of H-pyrrole nitrogens is 1. The lowest BCUT2D eigenvalue weighted by molar-refractivity contribution is 0.00907. The first-order valence-corrected chi connectivity index (χ1v) is 11.3. The largest absolute Gasteiger partial charge is 0.444 e. The molecular formula is C23H24F2N4O3S. The zero-order valence-electron chi connectivity index (χ0n) is 18.7. The van der Waals surface area contributed by atoms with Crippen LogP contribution < -0.4 is 5.56 Å². The third kappa shape index (κ3) is 4.61. The Morgan fingerprint density at radius 2 is 2.15 bits per heavy atom. The van der Waals surface area contributed by atoms with Gasteiger partial charge < -0.3 is 9.72 Å². The number of nitrogens with zero attached hydrogens (tertiary/aromatic N) is 3. The fourth-order valence-corrected chi connectivity index (χ4v) is 4.67. The third-order valence-corrected chi connectivity index (χ3v) is 6.16. The Bertz CT molecular complexity index is 1330. The molecule has 3 aromatic heterocycles. The van der Waals surface area contributed by atoms with E-state index in [9.17, 15) is 18.4 Å². The number of aromatic amines is 1. The number of halogens is 2. The molecule has 0 bridgehead atoms. The zero-order chi connectivity index (χ0) is 23.9. The summed E-state index contributed by atoms with van der Waals surface area (Å²) in [6, 6.07) is 3.25. The molecule has 4 rings (SSSR count). The number of aromatic nitrogens is 3. The molecule has 33 heavy (non-hydrogen) atoms. The Morgan fingerprint density at radius 1 is 1.39 bits per heavy atom. The quantitative estimate of drug-likeness (QED) is 0.517. The van der Waals surface area contributed by atoms with Crippen LogP contribution in [-0.4, -0.2) is 37.4 Å². The fraction of sp³-hybridized carbons (Fsp3) is 0.348. The van der Waals surface area contributed by atoms with Crippen molar-refractivity contribution in [3.05, 3.63) is 57.4 Å². The molecule has 0 spiro atoms. The highest BCUT2D eigenvalue weighted by Crippen LogP contribution is 2.33. The van der Waals surface area contributed by atoms with Crippen molar-refractivity contribution in [3.63, 3.8) is 0 Å². The van der Waals surface area contributed by atoms with E-state index >= 15 is 0 Å². The normalized spacial score (nSPS) is 17.1.